The van der Waals surface area contributed by atoms with Crippen molar-refractivity contribution in [3.63, 3.8) is 0 Å². The van der Waals surface area contributed by atoms with Gasteiger partial charge >= 0.3 is 0 Å². The Balaban J connectivity index is 2.61. The first-order chi connectivity index (χ1) is 8.22. The zero-order valence-electron chi connectivity index (χ0n) is 11.5. The summed E-state index contributed by atoms with van der Waals surface area (Å²) in [4.78, 5) is 4.64. The van der Waals surface area contributed by atoms with Crippen molar-refractivity contribution in [2.24, 2.45) is 0 Å². The quantitative estimate of drug-likeness (QED) is 0.774. The number of aryl methyl sites for hydroxylation is 1. The molecule has 0 fully saturated rings. The van der Waals surface area contributed by atoms with E-state index in [-0.39, 0.29) is 0 Å². The van der Waals surface area contributed by atoms with Gasteiger partial charge in [-0.3, -0.25) is 0 Å². The molecule has 98 valence electrons. The molecule has 0 saturated carbocycles. The molecule has 1 N–H and O–H groups in total. The van der Waals surface area contributed by atoms with E-state index >= 15 is 0 Å². The molecule has 1 aromatic rings. The van der Waals surface area contributed by atoms with Crippen LogP contribution >= 0.6 is 11.5 Å². The molecular weight excluding hydrogens is 230 g/mol. The second-order valence-electron chi connectivity index (χ2n) is 4.56. The van der Waals surface area contributed by atoms with Gasteiger partial charge in [-0.1, -0.05) is 27.7 Å². The van der Waals surface area contributed by atoms with E-state index in [0.717, 1.165) is 31.6 Å². The lowest BCUT2D eigenvalue weighted by atomic mass is 10.0. The lowest BCUT2D eigenvalue weighted by Crippen LogP contribution is -2.33. The molecular formula is C13H25N3S. The average molecular weight is 255 g/mol. The van der Waals surface area contributed by atoms with E-state index in [2.05, 4.69) is 42.4 Å². The average Bonchev–Trinajstić information content (AvgIpc) is 2.79. The zero-order valence-corrected chi connectivity index (χ0v) is 12.3. The van der Waals surface area contributed by atoms with Gasteiger partial charge in [0.25, 0.3) is 0 Å². The molecule has 0 aliphatic rings. The van der Waals surface area contributed by atoms with Crippen LogP contribution in [-0.4, -0.2) is 21.9 Å². The maximum absolute atomic E-state index is 4.64. The fourth-order valence-electron chi connectivity index (χ4n) is 1.95. The van der Waals surface area contributed by atoms with E-state index in [4.69, 9.17) is 0 Å². The number of rotatable bonds is 8. The third-order valence-corrected chi connectivity index (χ3v) is 4.00. The highest BCUT2D eigenvalue weighted by molar-refractivity contribution is 7.05. The zero-order chi connectivity index (χ0) is 12.7. The Labute approximate surface area is 109 Å². The van der Waals surface area contributed by atoms with Crippen molar-refractivity contribution >= 4 is 11.5 Å². The molecule has 2 atom stereocenters. The standard InChI is InChI=1S/C13H25N3S/c1-5-8-12-15-13(17-16-12)10(4)11(7-3)14-9-6-2/h10-11,14H,5-9H2,1-4H3. The Bertz CT molecular complexity index is 311. The van der Waals surface area contributed by atoms with Crippen LogP contribution in [0.1, 0.15) is 63.7 Å². The SMILES string of the molecule is CCCNC(CC)C(C)c1nc(CCC)ns1. The first kappa shape index (κ1) is 14.6. The van der Waals surface area contributed by atoms with Crippen LogP contribution in [0, 0.1) is 0 Å². The van der Waals surface area contributed by atoms with E-state index in [1.54, 1.807) is 11.5 Å². The number of hydrogen-bond acceptors (Lipinski definition) is 4. The Hall–Kier alpha value is -0.480. The van der Waals surface area contributed by atoms with Crippen molar-refractivity contribution in [1.82, 2.24) is 14.7 Å². The first-order valence-electron chi connectivity index (χ1n) is 6.78. The molecule has 0 amide bonds. The topological polar surface area (TPSA) is 37.8 Å². The fraction of sp³-hybridized carbons (Fsp3) is 0.846. The lowest BCUT2D eigenvalue weighted by Gasteiger charge is -2.21. The molecule has 4 heteroatoms. The fourth-order valence-corrected chi connectivity index (χ4v) is 2.76. The summed E-state index contributed by atoms with van der Waals surface area (Å²) in [5, 5.41) is 4.78. The summed E-state index contributed by atoms with van der Waals surface area (Å²) in [6.07, 6.45) is 4.45. The summed E-state index contributed by atoms with van der Waals surface area (Å²) < 4.78 is 4.43. The second kappa shape index (κ2) is 7.77. The predicted octanol–water partition coefficient (Wildman–Crippen LogP) is 3.37. The van der Waals surface area contributed by atoms with Gasteiger partial charge in [-0.25, -0.2) is 4.98 Å². The Morgan fingerprint density at radius 2 is 2.00 bits per heavy atom. The smallest absolute Gasteiger partial charge is 0.142 e. The van der Waals surface area contributed by atoms with Crippen molar-refractivity contribution < 1.29 is 0 Å². The molecule has 0 aliphatic heterocycles. The largest absolute Gasteiger partial charge is 0.313 e. The molecule has 1 rings (SSSR count). The molecule has 3 nitrogen and oxygen atoms in total. The minimum atomic E-state index is 0.467. The van der Waals surface area contributed by atoms with Gasteiger partial charge in [-0.2, -0.15) is 4.37 Å². The van der Waals surface area contributed by atoms with Crippen LogP contribution in [0.5, 0.6) is 0 Å². The maximum atomic E-state index is 4.64. The van der Waals surface area contributed by atoms with Gasteiger partial charge in [0.05, 0.1) is 0 Å². The molecule has 17 heavy (non-hydrogen) atoms. The van der Waals surface area contributed by atoms with E-state index in [1.165, 1.54) is 11.4 Å². The molecule has 0 aromatic carbocycles. The Kier molecular flexibility index (Phi) is 6.66. The van der Waals surface area contributed by atoms with Gasteiger partial charge in [0, 0.05) is 18.4 Å². The van der Waals surface area contributed by atoms with Crippen molar-refractivity contribution in [2.75, 3.05) is 6.54 Å². The van der Waals surface area contributed by atoms with Gasteiger partial charge in [0.15, 0.2) is 0 Å². The third kappa shape index (κ3) is 4.36. The van der Waals surface area contributed by atoms with Crippen molar-refractivity contribution in [3.05, 3.63) is 10.8 Å². The highest BCUT2D eigenvalue weighted by Gasteiger charge is 2.20. The second-order valence-corrected chi connectivity index (χ2v) is 5.34. The van der Waals surface area contributed by atoms with E-state index in [1.807, 2.05) is 0 Å². The minimum Gasteiger partial charge on any atom is -0.313 e. The van der Waals surface area contributed by atoms with Crippen LogP contribution in [0.15, 0.2) is 0 Å². The van der Waals surface area contributed by atoms with Crippen molar-refractivity contribution in [3.8, 4) is 0 Å². The van der Waals surface area contributed by atoms with Crippen LogP contribution in [-0.2, 0) is 6.42 Å². The lowest BCUT2D eigenvalue weighted by molar-refractivity contribution is 0.437. The molecule has 0 spiro atoms. The number of aromatic nitrogens is 2. The molecule has 2 unspecified atom stereocenters. The van der Waals surface area contributed by atoms with Gasteiger partial charge in [0.2, 0.25) is 0 Å². The van der Waals surface area contributed by atoms with Crippen LogP contribution in [0.2, 0.25) is 0 Å². The molecule has 1 heterocycles. The van der Waals surface area contributed by atoms with Gasteiger partial charge in [0.1, 0.15) is 10.8 Å². The molecule has 0 radical (unpaired) electrons. The monoisotopic (exact) mass is 255 g/mol. The van der Waals surface area contributed by atoms with Gasteiger partial charge < -0.3 is 5.32 Å². The van der Waals surface area contributed by atoms with Crippen molar-refractivity contribution in [2.45, 2.75) is 65.3 Å². The van der Waals surface area contributed by atoms with Gasteiger partial charge in [-0.05, 0) is 37.3 Å². The normalized spacial score (nSPS) is 14.8. The molecule has 0 bridgehead atoms. The van der Waals surface area contributed by atoms with E-state index < -0.39 is 0 Å². The summed E-state index contributed by atoms with van der Waals surface area (Å²) in [7, 11) is 0. The Morgan fingerprint density at radius 1 is 1.24 bits per heavy atom. The highest BCUT2D eigenvalue weighted by atomic mass is 32.1. The van der Waals surface area contributed by atoms with Crippen molar-refractivity contribution in [1.29, 1.82) is 0 Å². The Morgan fingerprint density at radius 3 is 2.59 bits per heavy atom. The molecule has 0 saturated heterocycles. The maximum Gasteiger partial charge on any atom is 0.142 e. The summed E-state index contributed by atoms with van der Waals surface area (Å²) in [6, 6.07) is 0.525. The van der Waals surface area contributed by atoms with Gasteiger partial charge in [-0.15, -0.1) is 0 Å². The summed E-state index contributed by atoms with van der Waals surface area (Å²) in [5.74, 6) is 1.49. The number of nitrogens with zero attached hydrogens (tertiary/aromatic N) is 2. The first-order valence-corrected chi connectivity index (χ1v) is 7.56. The third-order valence-electron chi connectivity index (χ3n) is 3.05. The van der Waals surface area contributed by atoms with Crippen LogP contribution in [0.25, 0.3) is 0 Å². The van der Waals surface area contributed by atoms with E-state index in [0.29, 0.717) is 12.0 Å². The highest BCUT2D eigenvalue weighted by Crippen LogP contribution is 2.23. The van der Waals surface area contributed by atoms with E-state index in [9.17, 15) is 0 Å². The number of hydrogen-bond donors (Lipinski definition) is 1. The number of nitrogens with one attached hydrogen (secondary N) is 1. The molecule has 0 aliphatic carbocycles. The van der Waals surface area contributed by atoms with Crippen LogP contribution < -0.4 is 5.32 Å². The predicted molar refractivity (Wildman–Crippen MR) is 74.7 cm³/mol. The molecule has 1 aromatic heterocycles. The summed E-state index contributed by atoms with van der Waals surface area (Å²) >= 11 is 1.57. The minimum absolute atomic E-state index is 0.467. The summed E-state index contributed by atoms with van der Waals surface area (Å²) in [6.45, 7) is 9.95. The summed E-state index contributed by atoms with van der Waals surface area (Å²) in [5.41, 5.74) is 0. The van der Waals surface area contributed by atoms with Crippen LogP contribution in [0.3, 0.4) is 0 Å². The van der Waals surface area contributed by atoms with Crippen LogP contribution in [0.4, 0.5) is 0 Å².